The fraction of sp³-hybridized carbons (Fsp3) is 0.917. The molecule has 6 heteroatoms. The van der Waals surface area contributed by atoms with Crippen molar-refractivity contribution in [3.63, 3.8) is 0 Å². The smallest absolute Gasteiger partial charge is 0.234 e. The number of ether oxygens (including phenoxy) is 3. The monoisotopic (exact) mass is 262 g/mol. The van der Waals surface area contributed by atoms with Crippen molar-refractivity contribution in [3.8, 4) is 0 Å². The van der Waals surface area contributed by atoms with E-state index in [-0.39, 0.29) is 17.9 Å². The first kappa shape index (κ1) is 17.3. The molecule has 0 unspecified atom stereocenters. The molecule has 0 spiro atoms. The van der Waals surface area contributed by atoms with Crippen molar-refractivity contribution in [1.82, 2.24) is 5.32 Å². The van der Waals surface area contributed by atoms with Crippen LogP contribution in [0.1, 0.15) is 13.8 Å². The molecular weight excluding hydrogens is 236 g/mol. The van der Waals surface area contributed by atoms with Gasteiger partial charge in [0.15, 0.2) is 0 Å². The van der Waals surface area contributed by atoms with Gasteiger partial charge in [0, 0.05) is 13.7 Å². The highest BCUT2D eigenvalue weighted by molar-refractivity contribution is 5.80. The van der Waals surface area contributed by atoms with Gasteiger partial charge >= 0.3 is 0 Å². The molecule has 0 radical (unpaired) electrons. The van der Waals surface area contributed by atoms with Gasteiger partial charge in [0.2, 0.25) is 5.91 Å². The number of nitrogens with two attached hydrogens (primary N) is 1. The summed E-state index contributed by atoms with van der Waals surface area (Å²) in [4.78, 5) is 11.1. The Morgan fingerprint density at radius 2 is 1.67 bits per heavy atom. The van der Waals surface area contributed by atoms with E-state index in [9.17, 15) is 4.79 Å². The number of nitrogens with one attached hydrogen (secondary N) is 1. The summed E-state index contributed by atoms with van der Waals surface area (Å²) in [5.41, 5.74) is 5.27. The fourth-order valence-electron chi connectivity index (χ4n) is 1.42. The third-order valence-electron chi connectivity index (χ3n) is 2.39. The number of methoxy groups -OCH3 is 1. The van der Waals surface area contributed by atoms with E-state index in [0.717, 1.165) is 0 Å². The van der Waals surface area contributed by atoms with Crippen molar-refractivity contribution >= 4 is 5.91 Å². The standard InChI is InChI=1S/C12H26N2O4/c1-10(2)11(12(13)15)14-4-5-17-8-9-18-7-6-16-3/h10-11,14H,4-9H2,1-3H3,(H2,13,15)/t11-/m0/s1. The molecule has 1 amide bonds. The summed E-state index contributed by atoms with van der Waals surface area (Å²) in [6.07, 6.45) is 0. The van der Waals surface area contributed by atoms with Gasteiger partial charge in [-0.15, -0.1) is 0 Å². The quantitative estimate of drug-likeness (QED) is 0.475. The van der Waals surface area contributed by atoms with Crippen molar-refractivity contribution in [3.05, 3.63) is 0 Å². The van der Waals surface area contributed by atoms with Crippen molar-refractivity contribution in [2.75, 3.05) is 46.7 Å². The van der Waals surface area contributed by atoms with Crippen LogP contribution in [0.5, 0.6) is 0 Å². The molecule has 0 bridgehead atoms. The van der Waals surface area contributed by atoms with Crippen molar-refractivity contribution in [1.29, 1.82) is 0 Å². The van der Waals surface area contributed by atoms with E-state index < -0.39 is 0 Å². The third kappa shape index (κ3) is 9.35. The average molecular weight is 262 g/mol. The van der Waals surface area contributed by atoms with E-state index in [4.69, 9.17) is 19.9 Å². The molecule has 0 aliphatic rings. The Kier molecular flexibility index (Phi) is 11.0. The highest BCUT2D eigenvalue weighted by Gasteiger charge is 2.17. The van der Waals surface area contributed by atoms with Crippen molar-refractivity contribution < 1.29 is 19.0 Å². The second-order valence-electron chi connectivity index (χ2n) is 4.30. The second-order valence-corrected chi connectivity index (χ2v) is 4.30. The molecule has 3 N–H and O–H groups in total. The molecule has 0 aromatic carbocycles. The maximum absolute atomic E-state index is 11.1. The Bertz CT molecular complexity index is 212. The largest absolute Gasteiger partial charge is 0.382 e. The number of rotatable bonds is 12. The van der Waals surface area contributed by atoms with Gasteiger partial charge in [-0.3, -0.25) is 4.79 Å². The average Bonchev–Trinajstić information content (AvgIpc) is 2.30. The predicted molar refractivity (Wildman–Crippen MR) is 69.3 cm³/mol. The Morgan fingerprint density at radius 3 is 2.17 bits per heavy atom. The third-order valence-corrected chi connectivity index (χ3v) is 2.39. The molecule has 0 saturated heterocycles. The minimum Gasteiger partial charge on any atom is -0.382 e. The maximum Gasteiger partial charge on any atom is 0.234 e. The number of hydrogen-bond acceptors (Lipinski definition) is 5. The summed E-state index contributed by atoms with van der Waals surface area (Å²) in [7, 11) is 1.63. The van der Waals surface area contributed by atoms with Crippen LogP contribution in [0.25, 0.3) is 0 Å². The van der Waals surface area contributed by atoms with Crippen LogP contribution in [0, 0.1) is 5.92 Å². The van der Waals surface area contributed by atoms with Crippen LogP contribution in [-0.2, 0) is 19.0 Å². The van der Waals surface area contributed by atoms with Crippen LogP contribution in [0.15, 0.2) is 0 Å². The second kappa shape index (κ2) is 11.4. The molecule has 0 aromatic rings. The van der Waals surface area contributed by atoms with Crippen LogP contribution < -0.4 is 11.1 Å². The minimum absolute atomic E-state index is 0.180. The highest BCUT2D eigenvalue weighted by Crippen LogP contribution is 1.99. The van der Waals surface area contributed by atoms with Crippen LogP contribution in [-0.4, -0.2) is 58.6 Å². The predicted octanol–water partition coefficient (Wildman–Crippen LogP) is -0.234. The highest BCUT2D eigenvalue weighted by atomic mass is 16.5. The summed E-state index contributed by atoms with van der Waals surface area (Å²) < 4.78 is 15.4. The Hall–Kier alpha value is -0.690. The first-order chi connectivity index (χ1) is 8.59. The van der Waals surface area contributed by atoms with Crippen LogP contribution in [0.2, 0.25) is 0 Å². The summed E-state index contributed by atoms with van der Waals surface area (Å²) in [5, 5.41) is 3.07. The SMILES string of the molecule is COCCOCCOCCN[C@H](C(N)=O)C(C)C. The molecule has 0 saturated carbocycles. The molecule has 0 aromatic heterocycles. The molecule has 0 rings (SSSR count). The summed E-state index contributed by atoms with van der Waals surface area (Å²) >= 11 is 0. The molecule has 0 aliphatic heterocycles. The van der Waals surface area contributed by atoms with Gasteiger partial charge in [0.25, 0.3) is 0 Å². The van der Waals surface area contributed by atoms with Crippen molar-refractivity contribution in [2.24, 2.45) is 11.7 Å². The zero-order valence-corrected chi connectivity index (χ0v) is 11.6. The Morgan fingerprint density at radius 1 is 1.11 bits per heavy atom. The van der Waals surface area contributed by atoms with E-state index in [2.05, 4.69) is 5.32 Å². The molecule has 0 aliphatic carbocycles. The summed E-state index contributed by atoms with van der Waals surface area (Å²) in [6.45, 7) is 7.29. The number of carbonyl (C=O) groups is 1. The molecule has 18 heavy (non-hydrogen) atoms. The summed E-state index contributed by atoms with van der Waals surface area (Å²) in [5.74, 6) is -0.146. The molecule has 108 valence electrons. The first-order valence-corrected chi connectivity index (χ1v) is 6.26. The van der Waals surface area contributed by atoms with Crippen LogP contribution >= 0.6 is 0 Å². The zero-order valence-electron chi connectivity index (χ0n) is 11.6. The van der Waals surface area contributed by atoms with E-state index in [0.29, 0.717) is 39.6 Å². The molecule has 1 atom stereocenters. The van der Waals surface area contributed by atoms with Gasteiger partial charge in [-0.2, -0.15) is 0 Å². The Balaban J connectivity index is 3.36. The lowest BCUT2D eigenvalue weighted by Gasteiger charge is -2.18. The van der Waals surface area contributed by atoms with Crippen LogP contribution in [0.3, 0.4) is 0 Å². The molecule has 6 nitrogen and oxygen atoms in total. The lowest BCUT2D eigenvalue weighted by atomic mass is 10.0. The molecule has 0 heterocycles. The number of hydrogen-bond donors (Lipinski definition) is 2. The first-order valence-electron chi connectivity index (χ1n) is 6.26. The topological polar surface area (TPSA) is 82.8 Å². The number of carbonyl (C=O) groups excluding carboxylic acids is 1. The van der Waals surface area contributed by atoms with Crippen LogP contribution in [0.4, 0.5) is 0 Å². The molecular formula is C12H26N2O4. The van der Waals surface area contributed by atoms with Crippen molar-refractivity contribution in [2.45, 2.75) is 19.9 Å². The van der Waals surface area contributed by atoms with Gasteiger partial charge in [-0.25, -0.2) is 0 Å². The lowest BCUT2D eigenvalue weighted by molar-refractivity contribution is -0.121. The van der Waals surface area contributed by atoms with Gasteiger partial charge in [-0.05, 0) is 5.92 Å². The lowest BCUT2D eigenvalue weighted by Crippen LogP contribution is -2.46. The maximum atomic E-state index is 11.1. The summed E-state index contributed by atoms with van der Waals surface area (Å²) in [6, 6.07) is -0.299. The zero-order chi connectivity index (χ0) is 13.8. The molecule has 0 fully saturated rings. The van der Waals surface area contributed by atoms with E-state index in [1.807, 2.05) is 13.8 Å². The number of primary amides is 1. The fourth-order valence-corrected chi connectivity index (χ4v) is 1.42. The van der Waals surface area contributed by atoms with E-state index in [1.165, 1.54) is 0 Å². The van der Waals surface area contributed by atoms with Gasteiger partial charge in [-0.1, -0.05) is 13.8 Å². The number of amides is 1. The normalized spacial score (nSPS) is 12.9. The van der Waals surface area contributed by atoms with E-state index in [1.54, 1.807) is 7.11 Å². The van der Waals surface area contributed by atoms with Gasteiger partial charge in [0.05, 0.1) is 39.1 Å². The Labute approximate surface area is 109 Å². The van der Waals surface area contributed by atoms with Gasteiger partial charge in [0.1, 0.15) is 0 Å². The van der Waals surface area contributed by atoms with Gasteiger partial charge < -0.3 is 25.3 Å². The minimum atomic E-state index is -0.326. The van der Waals surface area contributed by atoms with E-state index >= 15 is 0 Å².